The minimum absolute atomic E-state index is 0.334. The molecular formula is C19H26N2O. The number of nitrogens with zero attached hydrogens (tertiary/aromatic N) is 1. The van der Waals surface area contributed by atoms with Crippen LogP contribution < -0.4 is 5.32 Å². The first-order valence-corrected chi connectivity index (χ1v) is 8.36. The lowest BCUT2D eigenvalue weighted by molar-refractivity contribution is 0.128. The molecule has 1 heterocycles. The van der Waals surface area contributed by atoms with Crippen molar-refractivity contribution in [3.05, 3.63) is 42.0 Å². The molecule has 0 aromatic heterocycles. The van der Waals surface area contributed by atoms with Crippen molar-refractivity contribution in [3.63, 3.8) is 0 Å². The van der Waals surface area contributed by atoms with Gasteiger partial charge in [0.2, 0.25) is 0 Å². The minimum atomic E-state index is 0.334. The molecule has 3 heteroatoms. The number of hydrogen-bond acceptors (Lipinski definition) is 3. The number of aromatic hydroxyl groups is 1. The molecule has 2 aromatic carbocycles. The highest BCUT2D eigenvalue weighted by molar-refractivity contribution is 5.84. The molecule has 1 fully saturated rings. The topological polar surface area (TPSA) is 35.5 Å². The molecule has 1 aliphatic heterocycles. The summed E-state index contributed by atoms with van der Waals surface area (Å²) in [5, 5.41) is 15.4. The molecule has 0 aliphatic carbocycles. The second-order valence-corrected chi connectivity index (χ2v) is 6.41. The Kier molecular flexibility index (Phi) is 4.65. The fraction of sp³-hybridized carbons (Fsp3) is 0.474. The van der Waals surface area contributed by atoms with E-state index in [1.807, 2.05) is 12.1 Å². The lowest BCUT2D eigenvalue weighted by atomic mass is 9.89. The molecule has 0 saturated carbocycles. The van der Waals surface area contributed by atoms with Gasteiger partial charge in [0.1, 0.15) is 5.75 Å². The Hall–Kier alpha value is -1.58. The van der Waals surface area contributed by atoms with Crippen LogP contribution in [0, 0.1) is 5.92 Å². The lowest BCUT2D eigenvalue weighted by Gasteiger charge is -2.38. The highest BCUT2D eigenvalue weighted by Crippen LogP contribution is 2.33. The van der Waals surface area contributed by atoms with Gasteiger partial charge in [-0.15, -0.1) is 0 Å². The first-order chi connectivity index (χ1) is 10.7. The van der Waals surface area contributed by atoms with E-state index >= 15 is 0 Å². The van der Waals surface area contributed by atoms with Gasteiger partial charge in [-0.1, -0.05) is 38.5 Å². The van der Waals surface area contributed by atoms with Gasteiger partial charge in [-0.05, 0) is 40.5 Å². The van der Waals surface area contributed by atoms with E-state index in [4.69, 9.17) is 0 Å². The number of nitrogens with one attached hydrogen (secondary N) is 1. The molecule has 2 atom stereocenters. The molecule has 2 N–H and O–H groups in total. The summed E-state index contributed by atoms with van der Waals surface area (Å²) in [6.07, 6.45) is 1.18. The number of phenols is 1. The van der Waals surface area contributed by atoms with Crippen LogP contribution in [-0.4, -0.2) is 36.2 Å². The van der Waals surface area contributed by atoms with Crippen LogP contribution in [0.2, 0.25) is 0 Å². The second kappa shape index (κ2) is 6.67. The van der Waals surface area contributed by atoms with E-state index in [1.165, 1.54) is 17.4 Å². The van der Waals surface area contributed by atoms with Gasteiger partial charge < -0.3 is 10.4 Å². The Morgan fingerprint density at radius 2 is 1.77 bits per heavy atom. The predicted octanol–water partition coefficient (Wildman–Crippen LogP) is 3.54. The zero-order valence-corrected chi connectivity index (χ0v) is 13.5. The van der Waals surface area contributed by atoms with Gasteiger partial charge in [-0.2, -0.15) is 0 Å². The van der Waals surface area contributed by atoms with Crippen molar-refractivity contribution in [2.75, 3.05) is 26.2 Å². The third-order valence-corrected chi connectivity index (χ3v) is 4.92. The molecule has 1 unspecified atom stereocenters. The highest BCUT2D eigenvalue weighted by Gasteiger charge is 2.26. The van der Waals surface area contributed by atoms with Crippen molar-refractivity contribution in [1.29, 1.82) is 0 Å². The number of piperazine rings is 1. The van der Waals surface area contributed by atoms with Crippen molar-refractivity contribution < 1.29 is 5.11 Å². The van der Waals surface area contributed by atoms with Gasteiger partial charge in [-0.3, -0.25) is 4.90 Å². The summed E-state index contributed by atoms with van der Waals surface area (Å²) in [6.45, 7) is 9.01. The molecule has 1 saturated heterocycles. The Morgan fingerprint density at radius 3 is 2.50 bits per heavy atom. The van der Waals surface area contributed by atoms with E-state index in [-0.39, 0.29) is 0 Å². The van der Waals surface area contributed by atoms with Gasteiger partial charge in [0.05, 0.1) is 0 Å². The van der Waals surface area contributed by atoms with Gasteiger partial charge in [0.25, 0.3) is 0 Å². The van der Waals surface area contributed by atoms with Crippen molar-refractivity contribution in [3.8, 4) is 5.75 Å². The largest absolute Gasteiger partial charge is 0.508 e. The minimum Gasteiger partial charge on any atom is -0.508 e. The summed E-state index contributed by atoms with van der Waals surface area (Å²) in [5.74, 6) is 0.966. The average Bonchev–Trinajstić information content (AvgIpc) is 2.56. The van der Waals surface area contributed by atoms with E-state index in [0.29, 0.717) is 17.7 Å². The molecule has 1 aliphatic rings. The molecule has 0 bridgehead atoms. The van der Waals surface area contributed by atoms with Gasteiger partial charge >= 0.3 is 0 Å². The fourth-order valence-corrected chi connectivity index (χ4v) is 3.52. The maximum Gasteiger partial charge on any atom is 0.116 e. The number of fused-ring (bicyclic) bond motifs is 1. The quantitative estimate of drug-likeness (QED) is 0.906. The van der Waals surface area contributed by atoms with Gasteiger partial charge in [0.15, 0.2) is 0 Å². The third-order valence-electron chi connectivity index (χ3n) is 4.92. The Bertz CT molecular complexity index is 634. The molecule has 22 heavy (non-hydrogen) atoms. The zero-order valence-electron chi connectivity index (χ0n) is 13.5. The predicted molar refractivity (Wildman–Crippen MR) is 92.3 cm³/mol. The molecule has 2 aromatic rings. The first-order valence-electron chi connectivity index (χ1n) is 8.36. The molecule has 3 nitrogen and oxygen atoms in total. The summed E-state index contributed by atoms with van der Waals surface area (Å²) in [5.41, 5.74) is 1.40. The van der Waals surface area contributed by atoms with Crippen LogP contribution in [0.15, 0.2) is 36.4 Å². The fourth-order valence-electron chi connectivity index (χ4n) is 3.52. The molecular weight excluding hydrogens is 272 g/mol. The number of phenolic OH excluding ortho intramolecular Hbond substituents is 1. The molecule has 0 amide bonds. The van der Waals surface area contributed by atoms with E-state index < -0.39 is 0 Å². The second-order valence-electron chi connectivity index (χ2n) is 6.41. The molecule has 3 rings (SSSR count). The van der Waals surface area contributed by atoms with Crippen LogP contribution in [-0.2, 0) is 0 Å². The van der Waals surface area contributed by atoms with Gasteiger partial charge in [0, 0.05) is 32.2 Å². The van der Waals surface area contributed by atoms with Crippen molar-refractivity contribution in [2.24, 2.45) is 5.92 Å². The van der Waals surface area contributed by atoms with E-state index in [9.17, 15) is 5.11 Å². The van der Waals surface area contributed by atoms with Crippen molar-refractivity contribution >= 4 is 10.8 Å². The monoisotopic (exact) mass is 298 g/mol. The summed E-state index contributed by atoms with van der Waals surface area (Å²) in [7, 11) is 0. The van der Waals surface area contributed by atoms with Crippen molar-refractivity contribution in [2.45, 2.75) is 26.3 Å². The summed E-state index contributed by atoms with van der Waals surface area (Å²) >= 11 is 0. The average molecular weight is 298 g/mol. The lowest BCUT2D eigenvalue weighted by Crippen LogP contribution is -2.46. The van der Waals surface area contributed by atoms with E-state index in [1.54, 1.807) is 6.07 Å². The maximum absolute atomic E-state index is 9.62. The maximum atomic E-state index is 9.62. The summed E-state index contributed by atoms with van der Waals surface area (Å²) < 4.78 is 0. The number of benzene rings is 2. The van der Waals surface area contributed by atoms with Crippen LogP contribution in [0.1, 0.15) is 31.9 Å². The summed E-state index contributed by atoms with van der Waals surface area (Å²) in [6, 6.07) is 12.8. The smallest absolute Gasteiger partial charge is 0.116 e. The summed E-state index contributed by atoms with van der Waals surface area (Å²) in [4.78, 5) is 2.62. The first kappa shape index (κ1) is 15.3. The molecule has 0 spiro atoms. The van der Waals surface area contributed by atoms with E-state index in [0.717, 1.165) is 31.6 Å². The number of hydrogen-bond donors (Lipinski definition) is 2. The van der Waals surface area contributed by atoms with Crippen LogP contribution in [0.3, 0.4) is 0 Å². The highest BCUT2D eigenvalue weighted by atomic mass is 16.3. The van der Waals surface area contributed by atoms with E-state index in [2.05, 4.69) is 42.3 Å². The Labute approximate surface area is 132 Å². The Balaban J connectivity index is 1.97. The zero-order chi connectivity index (χ0) is 15.5. The Morgan fingerprint density at radius 1 is 1.09 bits per heavy atom. The van der Waals surface area contributed by atoms with Gasteiger partial charge in [-0.25, -0.2) is 0 Å². The normalized spacial score (nSPS) is 19.2. The number of rotatable bonds is 4. The third kappa shape index (κ3) is 3.11. The van der Waals surface area contributed by atoms with Crippen molar-refractivity contribution in [1.82, 2.24) is 10.2 Å². The van der Waals surface area contributed by atoms with Crippen LogP contribution in [0.4, 0.5) is 0 Å². The van der Waals surface area contributed by atoms with Crippen LogP contribution in [0.25, 0.3) is 10.8 Å². The molecule has 0 radical (unpaired) electrons. The van der Waals surface area contributed by atoms with Crippen LogP contribution in [0.5, 0.6) is 5.75 Å². The van der Waals surface area contributed by atoms with Crippen LogP contribution >= 0.6 is 0 Å². The SMILES string of the molecule is CCC(C)[C@@H](c1ccc2cc(O)ccc2c1)N1CCNCC1. The molecule has 118 valence electrons. The standard InChI is InChI=1S/C19H26N2O/c1-3-14(2)19(21-10-8-20-9-11-21)17-5-4-16-13-18(22)7-6-15(16)12-17/h4-7,12-14,19-20,22H,3,8-11H2,1-2H3/t14?,19-/m0/s1.